The number of esters is 2. The standard InChI is InChI=1S/C22H29NO5/c1-5-26-21(24)18(22(25)27-6-2)9-7-8-10-19-16(4)28-20(23-19)17-13-11-15(3)12-14-17/h11-14,18H,5-10H2,1-4H3. The Balaban J connectivity index is 1.92. The summed E-state index contributed by atoms with van der Waals surface area (Å²) in [6.07, 6.45) is 2.60. The molecule has 0 aliphatic rings. The molecular formula is C22H29NO5. The van der Waals surface area contributed by atoms with Crippen molar-refractivity contribution in [2.45, 2.75) is 53.4 Å². The predicted octanol–water partition coefficient (Wildman–Crippen LogP) is 4.41. The Bertz CT molecular complexity index is 761. The van der Waals surface area contributed by atoms with Crippen molar-refractivity contribution < 1.29 is 23.5 Å². The third-order valence-electron chi connectivity index (χ3n) is 4.49. The Morgan fingerprint density at radius 3 is 2.18 bits per heavy atom. The average molecular weight is 387 g/mol. The normalized spacial score (nSPS) is 10.9. The van der Waals surface area contributed by atoms with Crippen LogP contribution in [0.25, 0.3) is 11.5 Å². The number of benzene rings is 1. The molecule has 1 heterocycles. The van der Waals surface area contributed by atoms with E-state index in [9.17, 15) is 9.59 Å². The van der Waals surface area contributed by atoms with Gasteiger partial charge in [-0.3, -0.25) is 9.59 Å². The molecule has 0 aliphatic heterocycles. The van der Waals surface area contributed by atoms with Crippen molar-refractivity contribution in [1.29, 1.82) is 0 Å². The first-order chi connectivity index (χ1) is 13.5. The summed E-state index contributed by atoms with van der Waals surface area (Å²) >= 11 is 0. The Kier molecular flexibility index (Phi) is 8.23. The highest BCUT2D eigenvalue weighted by Crippen LogP contribution is 2.23. The summed E-state index contributed by atoms with van der Waals surface area (Å²) in [6, 6.07) is 8.04. The van der Waals surface area contributed by atoms with Gasteiger partial charge in [0.25, 0.3) is 0 Å². The molecule has 2 aromatic rings. The van der Waals surface area contributed by atoms with Crippen LogP contribution < -0.4 is 0 Å². The molecule has 0 N–H and O–H groups in total. The lowest BCUT2D eigenvalue weighted by molar-refractivity contribution is -0.161. The van der Waals surface area contributed by atoms with Crippen molar-refractivity contribution in [2.24, 2.45) is 5.92 Å². The summed E-state index contributed by atoms with van der Waals surface area (Å²) in [6.45, 7) is 7.87. The van der Waals surface area contributed by atoms with Crippen molar-refractivity contribution >= 4 is 11.9 Å². The van der Waals surface area contributed by atoms with E-state index in [1.54, 1.807) is 13.8 Å². The number of nitrogens with zero attached hydrogens (tertiary/aromatic N) is 1. The average Bonchev–Trinajstić information content (AvgIpc) is 3.03. The van der Waals surface area contributed by atoms with Crippen LogP contribution in [-0.2, 0) is 25.5 Å². The van der Waals surface area contributed by atoms with Crippen molar-refractivity contribution in [3.63, 3.8) is 0 Å². The first-order valence-corrected chi connectivity index (χ1v) is 9.82. The van der Waals surface area contributed by atoms with E-state index in [1.165, 1.54) is 5.56 Å². The van der Waals surface area contributed by atoms with Crippen LogP contribution in [0.2, 0.25) is 0 Å². The van der Waals surface area contributed by atoms with Gasteiger partial charge < -0.3 is 13.9 Å². The number of carbonyl (C=O) groups excluding carboxylic acids is 2. The first-order valence-electron chi connectivity index (χ1n) is 9.82. The van der Waals surface area contributed by atoms with Gasteiger partial charge >= 0.3 is 11.9 Å². The predicted molar refractivity (Wildman–Crippen MR) is 106 cm³/mol. The van der Waals surface area contributed by atoms with Crippen LogP contribution in [0.3, 0.4) is 0 Å². The minimum atomic E-state index is -0.860. The minimum absolute atomic E-state index is 0.245. The molecule has 0 unspecified atom stereocenters. The van der Waals surface area contributed by atoms with Gasteiger partial charge in [0.15, 0.2) is 5.92 Å². The highest BCUT2D eigenvalue weighted by atomic mass is 16.6. The van der Waals surface area contributed by atoms with Crippen molar-refractivity contribution in [2.75, 3.05) is 13.2 Å². The fourth-order valence-electron chi connectivity index (χ4n) is 2.94. The van der Waals surface area contributed by atoms with Crippen LogP contribution in [0.5, 0.6) is 0 Å². The summed E-state index contributed by atoms with van der Waals surface area (Å²) in [5.74, 6) is -0.479. The Morgan fingerprint density at radius 1 is 1.00 bits per heavy atom. The number of unbranched alkanes of at least 4 members (excludes halogenated alkanes) is 1. The summed E-state index contributed by atoms with van der Waals surface area (Å²) in [4.78, 5) is 28.6. The van der Waals surface area contributed by atoms with Crippen LogP contribution in [0, 0.1) is 19.8 Å². The number of aromatic nitrogens is 1. The molecule has 0 spiro atoms. The highest BCUT2D eigenvalue weighted by molar-refractivity contribution is 5.94. The van der Waals surface area contributed by atoms with E-state index in [4.69, 9.17) is 13.9 Å². The molecule has 1 aromatic heterocycles. The van der Waals surface area contributed by atoms with Gasteiger partial charge in [0.05, 0.1) is 18.9 Å². The molecule has 0 saturated carbocycles. The van der Waals surface area contributed by atoms with Gasteiger partial charge in [-0.1, -0.05) is 24.1 Å². The lowest BCUT2D eigenvalue weighted by Crippen LogP contribution is -2.28. The zero-order chi connectivity index (χ0) is 20.5. The number of rotatable bonds is 10. The van der Waals surface area contributed by atoms with E-state index in [0.29, 0.717) is 18.7 Å². The molecule has 0 atom stereocenters. The fraction of sp³-hybridized carbons (Fsp3) is 0.500. The highest BCUT2D eigenvalue weighted by Gasteiger charge is 2.28. The third-order valence-corrected chi connectivity index (χ3v) is 4.49. The van der Waals surface area contributed by atoms with Gasteiger partial charge in [0.2, 0.25) is 5.89 Å². The topological polar surface area (TPSA) is 78.6 Å². The van der Waals surface area contributed by atoms with Crippen molar-refractivity contribution in [3.8, 4) is 11.5 Å². The lowest BCUT2D eigenvalue weighted by Gasteiger charge is -2.14. The van der Waals surface area contributed by atoms with E-state index < -0.39 is 17.9 Å². The van der Waals surface area contributed by atoms with E-state index >= 15 is 0 Å². The maximum absolute atomic E-state index is 12.0. The molecule has 0 bridgehead atoms. The van der Waals surface area contributed by atoms with Crippen LogP contribution in [-0.4, -0.2) is 30.1 Å². The van der Waals surface area contributed by atoms with Crippen LogP contribution >= 0.6 is 0 Å². The van der Waals surface area contributed by atoms with Crippen LogP contribution in [0.15, 0.2) is 28.7 Å². The molecule has 28 heavy (non-hydrogen) atoms. The van der Waals surface area contributed by atoms with Gasteiger partial charge in [-0.05, 0) is 59.1 Å². The van der Waals surface area contributed by atoms with Crippen molar-refractivity contribution in [3.05, 3.63) is 41.3 Å². The molecule has 0 saturated heterocycles. The molecule has 0 aliphatic carbocycles. The monoisotopic (exact) mass is 387 g/mol. The molecule has 2 rings (SSSR count). The Morgan fingerprint density at radius 2 is 1.61 bits per heavy atom. The number of oxazole rings is 1. The molecule has 6 heteroatoms. The third kappa shape index (κ3) is 5.94. The molecule has 6 nitrogen and oxygen atoms in total. The summed E-state index contributed by atoms with van der Waals surface area (Å²) in [5, 5.41) is 0. The molecule has 0 radical (unpaired) electrons. The van der Waals surface area contributed by atoms with Crippen LogP contribution in [0.4, 0.5) is 0 Å². The maximum Gasteiger partial charge on any atom is 0.320 e. The largest absolute Gasteiger partial charge is 0.465 e. The molecule has 1 aromatic carbocycles. The Hall–Kier alpha value is -2.63. The Labute approximate surface area is 166 Å². The molecule has 152 valence electrons. The quantitative estimate of drug-likeness (QED) is 0.341. The van der Waals surface area contributed by atoms with Crippen molar-refractivity contribution in [1.82, 2.24) is 4.98 Å². The smallest absolute Gasteiger partial charge is 0.320 e. The lowest BCUT2D eigenvalue weighted by atomic mass is 10.0. The van der Waals surface area contributed by atoms with Gasteiger partial charge in [0, 0.05) is 5.56 Å². The van der Waals surface area contributed by atoms with E-state index in [1.807, 2.05) is 38.1 Å². The minimum Gasteiger partial charge on any atom is -0.465 e. The van der Waals surface area contributed by atoms with Gasteiger partial charge in [-0.25, -0.2) is 4.98 Å². The summed E-state index contributed by atoms with van der Waals surface area (Å²) in [7, 11) is 0. The number of aryl methyl sites for hydroxylation is 3. The zero-order valence-electron chi connectivity index (χ0n) is 17.1. The second kappa shape index (κ2) is 10.6. The van der Waals surface area contributed by atoms with E-state index in [-0.39, 0.29) is 13.2 Å². The van der Waals surface area contributed by atoms with E-state index in [2.05, 4.69) is 4.98 Å². The first kappa shape index (κ1) is 21.7. The van der Waals surface area contributed by atoms with E-state index in [0.717, 1.165) is 29.9 Å². The molecule has 0 amide bonds. The van der Waals surface area contributed by atoms with Crippen LogP contribution in [0.1, 0.15) is 50.1 Å². The SMILES string of the molecule is CCOC(=O)C(CCCCc1nc(-c2ccc(C)cc2)oc1C)C(=O)OCC. The zero-order valence-corrected chi connectivity index (χ0v) is 17.1. The number of ether oxygens (including phenoxy) is 2. The van der Waals surface area contributed by atoms with Gasteiger partial charge in [0.1, 0.15) is 5.76 Å². The number of hydrogen-bond acceptors (Lipinski definition) is 6. The number of carbonyl (C=O) groups is 2. The number of hydrogen-bond donors (Lipinski definition) is 0. The maximum atomic E-state index is 12.0. The summed E-state index contributed by atoms with van der Waals surface area (Å²) < 4.78 is 15.8. The molecule has 0 fully saturated rings. The molecular weight excluding hydrogens is 358 g/mol. The van der Waals surface area contributed by atoms with Gasteiger partial charge in [-0.15, -0.1) is 0 Å². The summed E-state index contributed by atoms with van der Waals surface area (Å²) in [5.41, 5.74) is 3.04. The second-order valence-electron chi connectivity index (χ2n) is 6.69. The van der Waals surface area contributed by atoms with Gasteiger partial charge in [-0.2, -0.15) is 0 Å². The second-order valence-corrected chi connectivity index (χ2v) is 6.69. The fourth-order valence-corrected chi connectivity index (χ4v) is 2.94.